The summed E-state index contributed by atoms with van der Waals surface area (Å²) in [5, 5.41) is 2.44. The van der Waals surface area contributed by atoms with E-state index >= 15 is 0 Å². The summed E-state index contributed by atoms with van der Waals surface area (Å²) in [5.74, 6) is 0.907. The molecule has 0 aliphatic carbocycles. The number of rotatable bonds is 3. The first-order chi connectivity index (χ1) is 12.2. The van der Waals surface area contributed by atoms with Crippen molar-refractivity contribution < 1.29 is 13.7 Å². The molecule has 0 radical (unpaired) electrons. The van der Waals surface area contributed by atoms with Crippen LogP contribution in [0, 0.1) is 0 Å². The van der Waals surface area contributed by atoms with Crippen molar-refractivity contribution in [2.75, 3.05) is 0 Å². The van der Waals surface area contributed by atoms with Crippen LogP contribution >= 0.6 is 0 Å². The van der Waals surface area contributed by atoms with E-state index < -0.39 is 15.4 Å². The van der Waals surface area contributed by atoms with Gasteiger partial charge in [-0.15, -0.1) is 0 Å². The summed E-state index contributed by atoms with van der Waals surface area (Å²) < 4.78 is 19.3. The van der Waals surface area contributed by atoms with Gasteiger partial charge < -0.3 is 13.7 Å². The number of hydrogen-bond donors (Lipinski definition) is 0. The largest absolute Gasteiger partial charge is 0.543 e. The van der Waals surface area contributed by atoms with Crippen LogP contribution in [-0.4, -0.2) is 26.6 Å². The summed E-state index contributed by atoms with van der Waals surface area (Å²) in [6.07, 6.45) is 0. The number of benzene rings is 2. The Morgan fingerprint density at radius 3 is 2.04 bits per heavy atom. The van der Waals surface area contributed by atoms with Gasteiger partial charge in [0.05, 0.1) is 11.2 Å². The van der Waals surface area contributed by atoms with E-state index in [1.165, 1.54) is 0 Å². The first kappa shape index (κ1) is 20.4. The lowest BCUT2D eigenvalue weighted by Gasteiger charge is -2.36. The standard InChI is InChI=1S/C22H33BO3Si/c1-20(2,3)27(8,9)24-17-14-16-12-10-11-13-18(16)19(15-17)23-25-21(4,5)22(6,7)26-23/h10-15H,1-9H3. The predicted molar refractivity (Wildman–Crippen MR) is 117 cm³/mol. The molecule has 0 aromatic heterocycles. The Labute approximate surface area is 165 Å². The Kier molecular flexibility index (Phi) is 4.82. The van der Waals surface area contributed by atoms with Crippen molar-refractivity contribution in [3.63, 3.8) is 0 Å². The Morgan fingerprint density at radius 1 is 0.926 bits per heavy atom. The second kappa shape index (κ2) is 6.36. The molecule has 1 aliphatic rings. The van der Waals surface area contributed by atoms with E-state index in [-0.39, 0.29) is 16.2 Å². The zero-order valence-corrected chi connectivity index (χ0v) is 19.3. The maximum Gasteiger partial charge on any atom is 0.495 e. The molecule has 3 rings (SSSR count). The normalized spacial score (nSPS) is 19.5. The van der Waals surface area contributed by atoms with Crippen LogP contribution in [-0.2, 0) is 9.31 Å². The molecule has 1 heterocycles. The number of hydrogen-bond acceptors (Lipinski definition) is 3. The van der Waals surface area contributed by atoms with Crippen LogP contribution in [0.5, 0.6) is 5.75 Å². The SMILES string of the molecule is CC1(C)OB(c2cc(O[Si](C)(C)C(C)(C)C)cc3ccccc23)OC1(C)C. The van der Waals surface area contributed by atoms with E-state index in [4.69, 9.17) is 13.7 Å². The average Bonchev–Trinajstić information content (AvgIpc) is 2.73. The van der Waals surface area contributed by atoms with Gasteiger partial charge in [-0.25, -0.2) is 0 Å². The van der Waals surface area contributed by atoms with Crippen molar-refractivity contribution in [2.24, 2.45) is 0 Å². The fourth-order valence-electron chi connectivity index (χ4n) is 2.98. The van der Waals surface area contributed by atoms with Gasteiger partial charge in [-0.05, 0) is 74.2 Å². The van der Waals surface area contributed by atoms with E-state index in [0.29, 0.717) is 0 Å². The van der Waals surface area contributed by atoms with Crippen molar-refractivity contribution in [3.05, 3.63) is 36.4 Å². The molecule has 0 N–H and O–H groups in total. The summed E-state index contributed by atoms with van der Waals surface area (Å²) in [4.78, 5) is 0. The number of fused-ring (bicyclic) bond motifs is 1. The molecule has 5 heteroatoms. The van der Waals surface area contributed by atoms with E-state index in [1.807, 2.05) is 0 Å². The minimum absolute atomic E-state index is 0.142. The fraction of sp³-hybridized carbons (Fsp3) is 0.545. The lowest BCUT2D eigenvalue weighted by molar-refractivity contribution is 0.00578. The maximum absolute atomic E-state index is 6.61. The second-order valence-electron chi connectivity index (χ2n) is 10.2. The van der Waals surface area contributed by atoms with Crippen molar-refractivity contribution in [1.82, 2.24) is 0 Å². The molecule has 0 unspecified atom stereocenters. The van der Waals surface area contributed by atoms with E-state index in [2.05, 4.69) is 98.0 Å². The molecule has 0 saturated carbocycles. The molecule has 0 amide bonds. The summed E-state index contributed by atoms with van der Waals surface area (Å²) in [5.41, 5.74) is 0.310. The fourth-order valence-corrected chi connectivity index (χ4v) is 4.00. The van der Waals surface area contributed by atoms with E-state index in [0.717, 1.165) is 22.0 Å². The molecule has 0 bridgehead atoms. The van der Waals surface area contributed by atoms with Gasteiger partial charge in [0, 0.05) is 0 Å². The van der Waals surface area contributed by atoms with Gasteiger partial charge in [-0.3, -0.25) is 0 Å². The van der Waals surface area contributed by atoms with Gasteiger partial charge in [0.25, 0.3) is 0 Å². The molecule has 0 atom stereocenters. The maximum atomic E-state index is 6.61. The summed E-state index contributed by atoms with van der Waals surface area (Å²) in [6.45, 7) is 19.7. The third-order valence-corrected chi connectivity index (χ3v) is 10.9. The summed E-state index contributed by atoms with van der Waals surface area (Å²) in [6, 6.07) is 12.6. The van der Waals surface area contributed by atoms with Crippen LogP contribution in [0.1, 0.15) is 48.5 Å². The van der Waals surface area contributed by atoms with Crippen LogP contribution < -0.4 is 9.89 Å². The molecule has 2 aromatic carbocycles. The molecule has 27 heavy (non-hydrogen) atoms. The molecule has 1 saturated heterocycles. The Balaban J connectivity index is 2.08. The quantitative estimate of drug-likeness (QED) is 0.652. The zero-order chi connectivity index (χ0) is 20.3. The molecule has 1 fully saturated rings. The van der Waals surface area contributed by atoms with Crippen molar-refractivity contribution >= 4 is 31.7 Å². The van der Waals surface area contributed by atoms with Gasteiger partial charge in [0.1, 0.15) is 5.75 Å². The highest BCUT2D eigenvalue weighted by molar-refractivity contribution is 6.74. The topological polar surface area (TPSA) is 27.7 Å². The highest BCUT2D eigenvalue weighted by Crippen LogP contribution is 2.39. The van der Waals surface area contributed by atoms with Gasteiger partial charge in [0.2, 0.25) is 8.32 Å². The molecule has 1 aliphatic heterocycles. The second-order valence-corrected chi connectivity index (χ2v) is 14.9. The third-order valence-electron chi connectivity index (χ3n) is 6.55. The van der Waals surface area contributed by atoms with Crippen LogP contribution in [0.25, 0.3) is 10.8 Å². The predicted octanol–water partition coefficient (Wildman–Crippen LogP) is 5.52. The van der Waals surface area contributed by atoms with Crippen LogP contribution in [0.3, 0.4) is 0 Å². The van der Waals surface area contributed by atoms with Crippen LogP contribution in [0.2, 0.25) is 18.1 Å². The highest BCUT2D eigenvalue weighted by atomic mass is 28.4. The van der Waals surface area contributed by atoms with Crippen molar-refractivity contribution in [3.8, 4) is 5.75 Å². The Bertz CT molecular complexity index is 836. The molecule has 3 nitrogen and oxygen atoms in total. The first-order valence-corrected chi connectivity index (χ1v) is 12.7. The molecule has 0 spiro atoms. The molecule has 146 valence electrons. The van der Waals surface area contributed by atoms with E-state index in [1.54, 1.807) is 0 Å². The van der Waals surface area contributed by atoms with Crippen molar-refractivity contribution in [1.29, 1.82) is 0 Å². The lowest BCUT2D eigenvalue weighted by Crippen LogP contribution is -2.44. The zero-order valence-electron chi connectivity index (χ0n) is 18.3. The molecular weight excluding hydrogens is 351 g/mol. The van der Waals surface area contributed by atoms with Gasteiger partial charge in [0.15, 0.2) is 0 Å². The lowest BCUT2D eigenvalue weighted by atomic mass is 9.76. The minimum atomic E-state index is -1.93. The van der Waals surface area contributed by atoms with Gasteiger partial charge in [-0.1, -0.05) is 45.0 Å². The van der Waals surface area contributed by atoms with Crippen LogP contribution in [0.4, 0.5) is 0 Å². The van der Waals surface area contributed by atoms with Crippen molar-refractivity contribution in [2.45, 2.75) is 77.8 Å². The highest BCUT2D eigenvalue weighted by Gasteiger charge is 2.52. The summed E-state index contributed by atoms with van der Waals surface area (Å²) >= 11 is 0. The molecular formula is C22H33BO3Si. The van der Waals surface area contributed by atoms with Gasteiger partial charge in [-0.2, -0.15) is 0 Å². The first-order valence-electron chi connectivity index (χ1n) is 9.81. The smallest absolute Gasteiger partial charge is 0.495 e. The minimum Gasteiger partial charge on any atom is -0.543 e. The summed E-state index contributed by atoms with van der Waals surface area (Å²) in [7, 11) is -2.33. The van der Waals surface area contributed by atoms with Gasteiger partial charge >= 0.3 is 7.12 Å². The monoisotopic (exact) mass is 384 g/mol. The van der Waals surface area contributed by atoms with E-state index in [9.17, 15) is 0 Å². The Morgan fingerprint density at radius 2 is 1.48 bits per heavy atom. The average molecular weight is 384 g/mol. The van der Waals surface area contributed by atoms with Crippen LogP contribution in [0.15, 0.2) is 36.4 Å². The molecule has 2 aromatic rings. The third kappa shape index (κ3) is 3.69. The Hall–Kier alpha value is -1.30.